The Morgan fingerprint density at radius 1 is 0.714 bits per heavy atom. The minimum absolute atomic E-state index is 0.226. The highest BCUT2D eigenvalue weighted by Crippen LogP contribution is 2.30. The van der Waals surface area contributed by atoms with Gasteiger partial charge in [0.25, 0.3) is 0 Å². The van der Waals surface area contributed by atoms with E-state index < -0.39 is 11.9 Å². The van der Waals surface area contributed by atoms with Crippen LogP contribution >= 0.6 is 0 Å². The van der Waals surface area contributed by atoms with Crippen molar-refractivity contribution in [1.29, 1.82) is 0 Å². The predicted molar refractivity (Wildman–Crippen MR) is 137 cm³/mol. The molecule has 0 bridgehead atoms. The first-order chi connectivity index (χ1) is 16.6. The molecular weight excluding hydrogens is 444 g/mol. The second-order valence-corrected chi connectivity index (χ2v) is 8.71. The van der Waals surface area contributed by atoms with Crippen molar-refractivity contribution in [2.45, 2.75) is 59.2 Å². The average Bonchev–Trinajstić information content (AvgIpc) is 2.83. The lowest BCUT2D eigenvalue weighted by atomic mass is 9.89. The van der Waals surface area contributed by atoms with Gasteiger partial charge in [-0.25, -0.2) is 9.59 Å². The van der Waals surface area contributed by atoms with Crippen LogP contribution < -0.4 is 9.47 Å². The lowest BCUT2D eigenvalue weighted by molar-refractivity contribution is -0.145. The van der Waals surface area contributed by atoms with Crippen molar-refractivity contribution in [1.82, 2.24) is 0 Å². The summed E-state index contributed by atoms with van der Waals surface area (Å²) in [6.45, 7) is 16.6. The maximum absolute atomic E-state index is 11.6. The lowest BCUT2D eigenvalue weighted by Crippen LogP contribution is -2.22. The summed E-state index contributed by atoms with van der Waals surface area (Å²) in [5.41, 5.74) is 3.08. The van der Waals surface area contributed by atoms with Gasteiger partial charge in [-0.1, -0.05) is 44.3 Å². The van der Waals surface area contributed by atoms with Gasteiger partial charge in [0.15, 0.2) is 0 Å². The van der Waals surface area contributed by atoms with Gasteiger partial charge in [-0.05, 0) is 69.5 Å². The molecule has 2 rings (SSSR count). The summed E-state index contributed by atoms with van der Waals surface area (Å²) in [5.74, 6) is 0.821. The zero-order chi connectivity index (χ0) is 26.0. The number of ether oxygens (including phenoxy) is 4. The van der Waals surface area contributed by atoms with E-state index in [0.29, 0.717) is 22.6 Å². The Balaban J connectivity index is 1.92. The first-order valence-electron chi connectivity index (χ1n) is 11.8. The average molecular weight is 481 g/mol. The minimum Gasteiger partial charge on any atom is -0.490 e. The maximum Gasteiger partial charge on any atom is 0.333 e. The Labute approximate surface area is 208 Å². The normalized spacial score (nSPS) is 13.2. The van der Waals surface area contributed by atoms with Gasteiger partial charge >= 0.3 is 11.9 Å². The first kappa shape index (κ1) is 27.7. The zero-order valence-corrected chi connectivity index (χ0v) is 21.3. The second-order valence-electron chi connectivity index (χ2n) is 8.71. The van der Waals surface area contributed by atoms with Crippen LogP contribution in [0.5, 0.6) is 11.5 Å². The summed E-state index contributed by atoms with van der Waals surface area (Å²) >= 11 is 0. The highest BCUT2D eigenvalue weighted by atomic mass is 16.6. The third kappa shape index (κ3) is 8.96. The molecule has 2 aromatic rings. The SMILES string of the molecule is C=C(C)C(=O)OC(C)COc1ccc(C(CC)c2ccc(OCC(C)OC(=O)C(=C)C)cc2)cc1. The van der Waals surface area contributed by atoms with E-state index in [1.807, 2.05) is 24.3 Å². The number of carbonyl (C=O) groups is 2. The van der Waals surface area contributed by atoms with Gasteiger partial charge in [-0.15, -0.1) is 0 Å². The van der Waals surface area contributed by atoms with Gasteiger partial charge in [0.05, 0.1) is 0 Å². The maximum atomic E-state index is 11.6. The lowest BCUT2D eigenvalue weighted by Gasteiger charge is -2.18. The summed E-state index contributed by atoms with van der Waals surface area (Å²) in [6, 6.07) is 15.9. The number of rotatable bonds is 13. The Morgan fingerprint density at radius 3 is 1.34 bits per heavy atom. The molecule has 0 N–H and O–H groups in total. The number of hydrogen-bond acceptors (Lipinski definition) is 6. The van der Waals surface area contributed by atoms with Crippen LogP contribution in [-0.2, 0) is 19.1 Å². The molecule has 0 radical (unpaired) electrons. The minimum atomic E-state index is -0.417. The van der Waals surface area contributed by atoms with Crippen LogP contribution in [0.25, 0.3) is 0 Å². The Morgan fingerprint density at radius 2 is 1.06 bits per heavy atom. The smallest absolute Gasteiger partial charge is 0.333 e. The van der Waals surface area contributed by atoms with Gasteiger partial charge in [-0.3, -0.25) is 0 Å². The van der Waals surface area contributed by atoms with Crippen LogP contribution in [0.4, 0.5) is 0 Å². The molecule has 6 nitrogen and oxygen atoms in total. The molecule has 0 aromatic heterocycles. The molecule has 0 amide bonds. The van der Waals surface area contributed by atoms with E-state index in [1.165, 1.54) is 11.1 Å². The Hall–Kier alpha value is -3.54. The third-order valence-corrected chi connectivity index (χ3v) is 5.26. The molecule has 0 aliphatic carbocycles. The fourth-order valence-corrected chi connectivity index (χ4v) is 3.32. The largest absolute Gasteiger partial charge is 0.490 e. The molecule has 0 aliphatic heterocycles. The predicted octanol–water partition coefficient (Wildman–Crippen LogP) is 6.00. The van der Waals surface area contributed by atoms with Crippen LogP contribution in [0.2, 0.25) is 0 Å². The molecule has 0 spiro atoms. The van der Waals surface area contributed by atoms with Crippen LogP contribution in [-0.4, -0.2) is 37.4 Å². The number of carbonyl (C=O) groups excluding carboxylic acids is 2. The fourth-order valence-electron chi connectivity index (χ4n) is 3.32. The fraction of sp³-hybridized carbons (Fsp3) is 0.379. The highest BCUT2D eigenvalue weighted by Gasteiger charge is 2.15. The molecule has 2 aromatic carbocycles. The molecule has 188 valence electrons. The molecular formula is C29H36O6. The van der Waals surface area contributed by atoms with E-state index >= 15 is 0 Å². The van der Waals surface area contributed by atoms with Crippen LogP contribution in [0.3, 0.4) is 0 Å². The quantitative estimate of drug-likeness (QED) is 0.259. The Kier molecular flexibility index (Phi) is 10.6. The van der Waals surface area contributed by atoms with E-state index in [-0.39, 0.29) is 31.3 Å². The number of esters is 2. The molecule has 0 aliphatic rings. The molecule has 6 heteroatoms. The van der Waals surface area contributed by atoms with Gasteiger partial charge in [-0.2, -0.15) is 0 Å². The first-order valence-corrected chi connectivity index (χ1v) is 11.8. The van der Waals surface area contributed by atoms with Gasteiger partial charge in [0.1, 0.15) is 36.9 Å². The number of benzene rings is 2. The van der Waals surface area contributed by atoms with Crippen molar-refractivity contribution >= 4 is 11.9 Å². The molecule has 0 heterocycles. The summed E-state index contributed by atoms with van der Waals surface area (Å²) in [5, 5.41) is 0. The van der Waals surface area contributed by atoms with Crippen LogP contribution in [0.1, 0.15) is 58.1 Å². The highest BCUT2D eigenvalue weighted by molar-refractivity contribution is 5.87. The van der Waals surface area contributed by atoms with Crippen LogP contribution in [0.15, 0.2) is 72.8 Å². The summed E-state index contributed by atoms with van der Waals surface area (Å²) in [6.07, 6.45) is 0.190. The van der Waals surface area contributed by atoms with Crippen molar-refractivity contribution in [3.8, 4) is 11.5 Å². The topological polar surface area (TPSA) is 71.1 Å². The van der Waals surface area contributed by atoms with E-state index in [2.05, 4.69) is 44.3 Å². The van der Waals surface area contributed by atoms with Crippen molar-refractivity contribution in [3.05, 3.63) is 84.0 Å². The second kappa shape index (κ2) is 13.4. The number of hydrogen-bond donors (Lipinski definition) is 0. The standard InChI is InChI=1S/C29H36O6/c1-8-27(23-9-13-25(14-10-23)32-17-21(6)34-28(30)19(2)3)24-11-15-26(16-12-24)33-18-22(7)35-29(31)20(4)5/h9-16,21-22,27H,2,4,8,17-18H2,1,3,5-7H3. The zero-order valence-electron chi connectivity index (χ0n) is 21.3. The Bertz CT molecular complexity index is 925. The van der Waals surface area contributed by atoms with E-state index in [1.54, 1.807) is 27.7 Å². The van der Waals surface area contributed by atoms with Crippen molar-refractivity contribution < 1.29 is 28.5 Å². The summed E-state index contributed by atoms with van der Waals surface area (Å²) in [4.78, 5) is 23.2. The van der Waals surface area contributed by atoms with Crippen molar-refractivity contribution in [2.24, 2.45) is 0 Å². The van der Waals surface area contributed by atoms with Gasteiger partial charge < -0.3 is 18.9 Å². The van der Waals surface area contributed by atoms with Gasteiger partial charge in [0, 0.05) is 17.1 Å². The van der Waals surface area contributed by atoms with E-state index in [0.717, 1.165) is 6.42 Å². The van der Waals surface area contributed by atoms with Crippen LogP contribution in [0, 0.1) is 0 Å². The molecule has 0 fully saturated rings. The van der Waals surface area contributed by atoms with Crippen molar-refractivity contribution in [3.63, 3.8) is 0 Å². The van der Waals surface area contributed by atoms with Crippen molar-refractivity contribution in [2.75, 3.05) is 13.2 Å². The monoisotopic (exact) mass is 480 g/mol. The summed E-state index contributed by atoms with van der Waals surface area (Å²) in [7, 11) is 0. The third-order valence-electron chi connectivity index (χ3n) is 5.26. The molecule has 35 heavy (non-hydrogen) atoms. The molecule has 0 saturated carbocycles. The van der Waals surface area contributed by atoms with E-state index in [9.17, 15) is 9.59 Å². The van der Waals surface area contributed by atoms with Gasteiger partial charge in [0.2, 0.25) is 0 Å². The molecule has 2 atom stereocenters. The summed E-state index contributed by atoms with van der Waals surface area (Å²) < 4.78 is 22.0. The molecule has 2 unspecified atom stereocenters. The van der Waals surface area contributed by atoms with E-state index in [4.69, 9.17) is 18.9 Å². The molecule has 0 saturated heterocycles.